The smallest absolute Gasteiger partial charge is 0.318 e. The summed E-state index contributed by atoms with van der Waals surface area (Å²) in [7, 11) is 0. The summed E-state index contributed by atoms with van der Waals surface area (Å²) in [4.78, 5) is 24.6. The molecular formula is C16H20N8O. The largest absolute Gasteiger partial charge is 0.350 e. The van der Waals surface area contributed by atoms with Crippen LogP contribution in [0, 0.1) is 18.3 Å². The zero-order valence-electron chi connectivity index (χ0n) is 14.2. The molecule has 0 radical (unpaired) electrons. The SMILES string of the molecule is Cc1[nH]ncc1CNC(=O)N1CCN(c2nccnc2C#N)CC1C. The van der Waals surface area contributed by atoms with Crippen LogP contribution in [0.15, 0.2) is 18.6 Å². The van der Waals surface area contributed by atoms with Gasteiger partial charge in [0.05, 0.1) is 6.20 Å². The van der Waals surface area contributed by atoms with Crippen molar-refractivity contribution in [2.75, 3.05) is 24.5 Å². The molecule has 130 valence electrons. The van der Waals surface area contributed by atoms with Crippen LogP contribution in [0.25, 0.3) is 0 Å². The number of hydrogen-bond donors (Lipinski definition) is 2. The van der Waals surface area contributed by atoms with Crippen molar-refractivity contribution in [3.05, 3.63) is 35.5 Å². The number of anilines is 1. The van der Waals surface area contributed by atoms with Gasteiger partial charge < -0.3 is 15.1 Å². The van der Waals surface area contributed by atoms with Gasteiger partial charge in [0.15, 0.2) is 11.5 Å². The topological polar surface area (TPSA) is 114 Å². The molecule has 2 aromatic rings. The number of carbonyl (C=O) groups is 1. The van der Waals surface area contributed by atoms with Gasteiger partial charge in [-0.25, -0.2) is 14.8 Å². The second kappa shape index (κ2) is 7.17. The van der Waals surface area contributed by atoms with Crippen LogP contribution in [0.3, 0.4) is 0 Å². The molecule has 1 aliphatic rings. The van der Waals surface area contributed by atoms with Gasteiger partial charge in [-0.05, 0) is 13.8 Å². The van der Waals surface area contributed by atoms with E-state index in [2.05, 4.69) is 31.6 Å². The molecule has 1 atom stereocenters. The van der Waals surface area contributed by atoms with E-state index in [-0.39, 0.29) is 12.1 Å². The number of nitriles is 1. The minimum atomic E-state index is -0.104. The first kappa shape index (κ1) is 16.7. The van der Waals surface area contributed by atoms with Crippen molar-refractivity contribution in [3.8, 4) is 6.07 Å². The van der Waals surface area contributed by atoms with E-state index in [9.17, 15) is 10.1 Å². The molecule has 2 aromatic heterocycles. The van der Waals surface area contributed by atoms with E-state index in [4.69, 9.17) is 0 Å². The number of aromatic amines is 1. The Bertz CT molecular complexity index is 795. The normalized spacial score (nSPS) is 17.2. The van der Waals surface area contributed by atoms with Crippen molar-refractivity contribution in [2.45, 2.75) is 26.4 Å². The number of piperazine rings is 1. The Labute approximate surface area is 145 Å². The molecular weight excluding hydrogens is 320 g/mol. The summed E-state index contributed by atoms with van der Waals surface area (Å²) >= 11 is 0. The van der Waals surface area contributed by atoms with Gasteiger partial charge in [-0.15, -0.1) is 0 Å². The second-order valence-electron chi connectivity index (χ2n) is 6.01. The molecule has 2 N–H and O–H groups in total. The molecule has 3 rings (SSSR count). The van der Waals surface area contributed by atoms with Crippen LogP contribution in [0.5, 0.6) is 0 Å². The Hall–Kier alpha value is -3.15. The molecule has 1 unspecified atom stereocenters. The van der Waals surface area contributed by atoms with E-state index in [1.165, 1.54) is 6.20 Å². The lowest BCUT2D eigenvalue weighted by Crippen LogP contribution is -2.56. The number of hydrogen-bond acceptors (Lipinski definition) is 6. The van der Waals surface area contributed by atoms with Gasteiger partial charge in [-0.1, -0.05) is 0 Å². The third-order valence-electron chi connectivity index (χ3n) is 4.34. The third kappa shape index (κ3) is 3.52. The molecule has 0 bridgehead atoms. The highest BCUT2D eigenvalue weighted by Gasteiger charge is 2.29. The zero-order chi connectivity index (χ0) is 17.8. The number of aryl methyl sites for hydroxylation is 1. The molecule has 3 heterocycles. The number of aromatic nitrogens is 4. The fourth-order valence-electron chi connectivity index (χ4n) is 2.92. The number of nitrogens with one attached hydrogen (secondary N) is 2. The first-order chi connectivity index (χ1) is 12.1. The number of amides is 2. The lowest BCUT2D eigenvalue weighted by Gasteiger charge is -2.40. The maximum Gasteiger partial charge on any atom is 0.318 e. The van der Waals surface area contributed by atoms with Crippen molar-refractivity contribution in [1.29, 1.82) is 5.26 Å². The highest BCUT2D eigenvalue weighted by molar-refractivity contribution is 5.75. The molecule has 2 amide bonds. The van der Waals surface area contributed by atoms with Crippen LogP contribution in [0.1, 0.15) is 23.9 Å². The lowest BCUT2D eigenvalue weighted by atomic mass is 10.2. The predicted molar refractivity (Wildman–Crippen MR) is 90.7 cm³/mol. The van der Waals surface area contributed by atoms with Gasteiger partial charge in [0.2, 0.25) is 0 Å². The lowest BCUT2D eigenvalue weighted by molar-refractivity contribution is 0.171. The van der Waals surface area contributed by atoms with E-state index >= 15 is 0 Å². The average molecular weight is 340 g/mol. The molecule has 0 aliphatic carbocycles. The quantitative estimate of drug-likeness (QED) is 0.854. The third-order valence-corrected chi connectivity index (χ3v) is 4.34. The number of nitrogens with zero attached hydrogens (tertiary/aromatic N) is 6. The highest BCUT2D eigenvalue weighted by Crippen LogP contribution is 2.19. The first-order valence-electron chi connectivity index (χ1n) is 8.09. The van der Waals surface area contributed by atoms with E-state index in [1.807, 2.05) is 18.7 Å². The standard InChI is InChI=1S/C16H20N8O/c1-11-10-23(15-14(7-17)18-3-4-19-15)5-6-24(11)16(25)20-8-13-9-21-22-12(13)2/h3-4,9,11H,5-6,8,10H2,1-2H3,(H,20,25)(H,21,22). The molecule has 0 aromatic carbocycles. The number of urea groups is 1. The minimum Gasteiger partial charge on any atom is -0.350 e. The summed E-state index contributed by atoms with van der Waals surface area (Å²) in [5.41, 5.74) is 2.23. The number of carbonyl (C=O) groups excluding carboxylic acids is 1. The van der Waals surface area contributed by atoms with Gasteiger partial charge in [0.1, 0.15) is 6.07 Å². The maximum atomic E-state index is 12.5. The Morgan fingerprint density at radius 3 is 2.92 bits per heavy atom. The minimum absolute atomic E-state index is 0.00672. The van der Waals surface area contributed by atoms with E-state index < -0.39 is 0 Å². The van der Waals surface area contributed by atoms with Crippen LogP contribution < -0.4 is 10.2 Å². The van der Waals surface area contributed by atoms with Crippen molar-refractivity contribution in [3.63, 3.8) is 0 Å². The second-order valence-corrected chi connectivity index (χ2v) is 6.01. The van der Waals surface area contributed by atoms with Crippen molar-refractivity contribution in [2.24, 2.45) is 0 Å². The van der Waals surface area contributed by atoms with Crippen LogP contribution in [0.4, 0.5) is 10.6 Å². The molecule has 1 aliphatic heterocycles. The van der Waals surface area contributed by atoms with Crippen molar-refractivity contribution < 1.29 is 4.79 Å². The first-order valence-corrected chi connectivity index (χ1v) is 8.09. The Kier molecular flexibility index (Phi) is 4.79. The summed E-state index contributed by atoms with van der Waals surface area (Å²) < 4.78 is 0. The predicted octanol–water partition coefficient (Wildman–Crippen LogP) is 0.800. The summed E-state index contributed by atoms with van der Waals surface area (Å²) in [6, 6.07) is 1.95. The number of H-pyrrole nitrogens is 1. The van der Waals surface area contributed by atoms with Gasteiger partial charge >= 0.3 is 6.03 Å². The zero-order valence-corrected chi connectivity index (χ0v) is 14.2. The molecule has 9 nitrogen and oxygen atoms in total. The maximum absolute atomic E-state index is 12.5. The molecule has 0 saturated carbocycles. The Balaban J connectivity index is 1.61. The Morgan fingerprint density at radius 2 is 2.24 bits per heavy atom. The molecule has 25 heavy (non-hydrogen) atoms. The van der Waals surface area contributed by atoms with Gasteiger partial charge in [-0.2, -0.15) is 10.4 Å². The fraction of sp³-hybridized carbons (Fsp3) is 0.438. The summed E-state index contributed by atoms with van der Waals surface area (Å²) in [6.07, 6.45) is 4.80. The summed E-state index contributed by atoms with van der Waals surface area (Å²) in [6.45, 7) is 6.11. The monoisotopic (exact) mass is 340 g/mol. The van der Waals surface area contributed by atoms with Crippen molar-refractivity contribution in [1.82, 2.24) is 30.4 Å². The van der Waals surface area contributed by atoms with Gasteiger partial charge in [0.25, 0.3) is 0 Å². The summed E-state index contributed by atoms with van der Waals surface area (Å²) in [5, 5.41) is 18.9. The van der Waals surface area contributed by atoms with Crippen LogP contribution in [-0.4, -0.2) is 56.8 Å². The van der Waals surface area contributed by atoms with Crippen LogP contribution >= 0.6 is 0 Å². The fourth-order valence-corrected chi connectivity index (χ4v) is 2.92. The molecule has 9 heteroatoms. The van der Waals surface area contributed by atoms with Gasteiger partial charge in [0, 0.05) is 55.9 Å². The summed E-state index contributed by atoms with van der Waals surface area (Å²) in [5.74, 6) is 0.575. The highest BCUT2D eigenvalue weighted by atomic mass is 16.2. The molecule has 1 fully saturated rings. The van der Waals surface area contributed by atoms with E-state index in [0.29, 0.717) is 37.7 Å². The molecule has 0 spiro atoms. The average Bonchev–Trinajstić information content (AvgIpc) is 3.04. The van der Waals surface area contributed by atoms with E-state index in [1.54, 1.807) is 17.3 Å². The van der Waals surface area contributed by atoms with E-state index in [0.717, 1.165) is 11.3 Å². The van der Waals surface area contributed by atoms with Crippen LogP contribution in [-0.2, 0) is 6.54 Å². The van der Waals surface area contributed by atoms with Crippen LogP contribution in [0.2, 0.25) is 0 Å². The Morgan fingerprint density at radius 1 is 1.44 bits per heavy atom. The van der Waals surface area contributed by atoms with Crippen molar-refractivity contribution >= 4 is 11.8 Å². The van der Waals surface area contributed by atoms with Gasteiger partial charge in [-0.3, -0.25) is 5.10 Å². The number of rotatable bonds is 3. The molecule has 1 saturated heterocycles.